The Balaban J connectivity index is 1.88. The van der Waals surface area contributed by atoms with E-state index in [0.29, 0.717) is 18.1 Å². The monoisotopic (exact) mass is 416 g/mol. The number of methoxy groups -OCH3 is 1. The van der Waals surface area contributed by atoms with Crippen molar-refractivity contribution in [3.8, 4) is 5.75 Å². The highest BCUT2D eigenvalue weighted by molar-refractivity contribution is 5.79. The van der Waals surface area contributed by atoms with E-state index in [1.807, 2.05) is 84.3 Å². The molecule has 0 atom stereocenters. The number of carbonyl (C=O) groups excluding carboxylic acids is 1. The van der Waals surface area contributed by atoms with E-state index in [1.54, 1.807) is 6.07 Å². The van der Waals surface area contributed by atoms with Crippen molar-refractivity contribution in [2.75, 3.05) is 13.7 Å². The van der Waals surface area contributed by atoms with Crippen molar-refractivity contribution in [2.24, 2.45) is 0 Å². The summed E-state index contributed by atoms with van der Waals surface area (Å²) >= 11 is 0. The average Bonchev–Trinajstić information content (AvgIpc) is 3.21. The number of aryl methyl sites for hydroxylation is 1. The Bertz CT molecular complexity index is 1150. The Kier molecular flexibility index (Phi) is 5.73. The van der Waals surface area contributed by atoms with Crippen LogP contribution in [-0.2, 0) is 21.7 Å². The number of imidazole rings is 1. The van der Waals surface area contributed by atoms with E-state index >= 15 is 0 Å². The van der Waals surface area contributed by atoms with Crippen LogP contribution in [0, 0.1) is 0 Å². The maximum atomic E-state index is 12.1. The van der Waals surface area contributed by atoms with E-state index in [0.717, 1.165) is 22.2 Å². The van der Waals surface area contributed by atoms with Gasteiger partial charge in [0.1, 0.15) is 5.75 Å². The lowest BCUT2D eigenvalue weighted by atomic mass is 9.85. The van der Waals surface area contributed by atoms with Crippen molar-refractivity contribution in [2.45, 2.75) is 19.1 Å². The number of hydrogen-bond donors (Lipinski definition) is 1. The van der Waals surface area contributed by atoms with Crippen molar-refractivity contribution >= 4 is 17.0 Å². The Hall–Kier alpha value is -3.64. The minimum Gasteiger partial charge on any atom is -0.482 e. The van der Waals surface area contributed by atoms with Crippen molar-refractivity contribution in [3.05, 3.63) is 95.8 Å². The van der Waals surface area contributed by atoms with Crippen LogP contribution in [0.3, 0.4) is 0 Å². The van der Waals surface area contributed by atoms with E-state index in [4.69, 9.17) is 9.72 Å². The highest BCUT2D eigenvalue weighted by atomic mass is 16.6. The van der Waals surface area contributed by atoms with Gasteiger partial charge in [0.15, 0.2) is 18.0 Å². The van der Waals surface area contributed by atoms with Crippen LogP contribution in [0.4, 0.5) is 0 Å². The summed E-state index contributed by atoms with van der Waals surface area (Å²) in [6, 6.07) is 24.5. The third-order valence-electron chi connectivity index (χ3n) is 5.33. The van der Waals surface area contributed by atoms with Crippen LogP contribution in [0.5, 0.6) is 5.75 Å². The van der Waals surface area contributed by atoms with Gasteiger partial charge in [-0.05, 0) is 30.2 Å². The molecule has 0 amide bonds. The standard InChI is InChI=1S/C25H24N2O4/c1-3-27-22-16-20(31-17-23(28)30-2)14-15-21(22)26-24(27)25(29,18-10-6-4-7-11-18)19-12-8-5-9-13-19/h4-16,29H,3,17H2,1-2H3. The number of nitrogens with zero attached hydrogens (tertiary/aromatic N) is 2. The van der Waals surface area contributed by atoms with Gasteiger partial charge in [0, 0.05) is 12.6 Å². The fraction of sp³-hybridized carbons (Fsp3) is 0.200. The van der Waals surface area contributed by atoms with Gasteiger partial charge in [-0.2, -0.15) is 0 Å². The summed E-state index contributed by atoms with van der Waals surface area (Å²) in [5.41, 5.74) is 1.56. The summed E-state index contributed by atoms with van der Waals surface area (Å²) in [5.74, 6) is 0.599. The normalized spacial score (nSPS) is 11.5. The summed E-state index contributed by atoms with van der Waals surface area (Å²) in [5, 5.41) is 12.1. The molecule has 1 aromatic heterocycles. The van der Waals surface area contributed by atoms with E-state index in [-0.39, 0.29) is 6.61 Å². The van der Waals surface area contributed by atoms with Gasteiger partial charge < -0.3 is 19.1 Å². The number of benzene rings is 3. The van der Waals surface area contributed by atoms with Crippen LogP contribution in [-0.4, -0.2) is 34.3 Å². The van der Waals surface area contributed by atoms with Crippen molar-refractivity contribution in [1.82, 2.24) is 9.55 Å². The molecule has 4 aromatic rings. The molecule has 6 heteroatoms. The maximum absolute atomic E-state index is 12.1. The number of aromatic nitrogens is 2. The second-order valence-corrected chi connectivity index (χ2v) is 7.14. The Morgan fingerprint density at radius 2 is 1.61 bits per heavy atom. The Morgan fingerprint density at radius 1 is 1.00 bits per heavy atom. The van der Waals surface area contributed by atoms with E-state index in [1.165, 1.54) is 7.11 Å². The molecule has 0 aliphatic carbocycles. The quantitative estimate of drug-likeness (QED) is 0.463. The second kappa shape index (κ2) is 8.62. The van der Waals surface area contributed by atoms with Gasteiger partial charge in [-0.1, -0.05) is 60.7 Å². The highest BCUT2D eigenvalue weighted by Crippen LogP contribution is 2.38. The van der Waals surface area contributed by atoms with E-state index in [2.05, 4.69) is 4.74 Å². The molecule has 158 valence electrons. The summed E-state index contributed by atoms with van der Waals surface area (Å²) in [4.78, 5) is 16.2. The lowest BCUT2D eigenvalue weighted by Gasteiger charge is -2.29. The molecule has 0 spiro atoms. The topological polar surface area (TPSA) is 73.6 Å². The maximum Gasteiger partial charge on any atom is 0.343 e. The number of rotatable bonds is 7. The smallest absolute Gasteiger partial charge is 0.343 e. The molecular weight excluding hydrogens is 392 g/mol. The van der Waals surface area contributed by atoms with Crippen LogP contribution in [0.15, 0.2) is 78.9 Å². The molecule has 0 aliphatic rings. The first kappa shape index (κ1) is 20.6. The molecule has 0 unspecified atom stereocenters. The summed E-state index contributed by atoms with van der Waals surface area (Å²) in [6.45, 7) is 2.42. The minimum absolute atomic E-state index is 0.174. The first-order valence-electron chi connectivity index (χ1n) is 10.1. The van der Waals surface area contributed by atoms with Gasteiger partial charge in [-0.25, -0.2) is 9.78 Å². The molecule has 31 heavy (non-hydrogen) atoms. The molecule has 0 fully saturated rings. The number of fused-ring (bicyclic) bond motifs is 1. The number of carbonyl (C=O) groups is 1. The summed E-state index contributed by atoms with van der Waals surface area (Å²) < 4.78 is 12.2. The molecule has 1 heterocycles. The average molecular weight is 416 g/mol. The zero-order valence-corrected chi connectivity index (χ0v) is 17.5. The number of aliphatic hydroxyl groups is 1. The first-order valence-corrected chi connectivity index (χ1v) is 10.1. The van der Waals surface area contributed by atoms with Gasteiger partial charge in [0.2, 0.25) is 0 Å². The summed E-state index contributed by atoms with van der Waals surface area (Å²) in [6.07, 6.45) is 0. The highest BCUT2D eigenvalue weighted by Gasteiger charge is 2.38. The summed E-state index contributed by atoms with van der Waals surface area (Å²) in [7, 11) is 1.32. The van der Waals surface area contributed by atoms with Crippen molar-refractivity contribution in [3.63, 3.8) is 0 Å². The third-order valence-corrected chi connectivity index (χ3v) is 5.33. The van der Waals surface area contributed by atoms with Crippen molar-refractivity contribution in [1.29, 1.82) is 0 Å². The van der Waals surface area contributed by atoms with Gasteiger partial charge >= 0.3 is 5.97 Å². The predicted molar refractivity (Wildman–Crippen MR) is 118 cm³/mol. The molecule has 3 aromatic carbocycles. The number of ether oxygens (including phenoxy) is 2. The lowest BCUT2D eigenvalue weighted by molar-refractivity contribution is -0.142. The SMILES string of the molecule is CCn1c(C(O)(c2ccccc2)c2ccccc2)nc2ccc(OCC(=O)OC)cc21. The van der Waals surface area contributed by atoms with Gasteiger partial charge in [0.25, 0.3) is 0 Å². The zero-order valence-electron chi connectivity index (χ0n) is 17.5. The minimum atomic E-state index is -1.44. The van der Waals surface area contributed by atoms with E-state index < -0.39 is 11.6 Å². The van der Waals surface area contributed by atoms with Gasteiger partial charge in [-0.3, -0.25) is 0 Å². The lowest BCUT2D eigenvalue weighted by Crippen LogP contribution is -2.32. The fourth-order valence-corrected chi connectivity index (χ4v) is 3.77. The molecule has 0 aliphatic heterocycles. The first-order chi connectivity index (χ1) is 15.1. The van der Waals surface area contributed by atoms with Crippen LogP contribution in [0.1, 0.15) is 23.9 Å². The van der Waals surface area contributed by atoms with Crippen LogP contribution in [0.2, 0.25) is 0 Å². The molecule has 6 nitrogen and oxygen atoms in total. The molecule has 0 saturated heterocycles. The van der Waals surface area contributed by atoms with Crippen LogP contribution in [0.25, 0.3) is 11.0 Å². The van der Waals surface area contributed by atoms with Crippen molar-refractivity contribution < 1.29 is 19.4 Å². The largest absolute Gasteiger partial charge is 0.482 e. The molecule has 0 saturated carbocycles. The Morgan fingerprint density at radius 3 is 2.16 bits per heavy atom. The Labute approximate surface area is 180 Å². The molecule has 0 bridgehead atoms. The van der Waals surface area contributed by atoms with Crippen LogP contribution < -0.4 is 4.74 Å². The molecular formula is C25H24N2O4. The zero-order chi connectivity index (χ0) is 21.8. The molecule has 0 radical (unpaired) electrons. The van der Waals surface area contributed by atoms with Crippen LogP contribution >= 0.6 is 0 Å². The molecule has 1 N–H and O–H groups in total. The number of hydrogen-bond acceptors (Lipinski definition) is 5. The van der Waals surface area contributed by atoms with E-state index in [9.17, 15) is 9.90 Å². The van der Waals surface area contributed by atoms with Gasteiger partial charge in [0.05, 0.1) is 18.1 Å². The second-order valence-electron chi connectivity index (χ2n) is 7.14. The fourth-order valence-electron chi connectivity index (χ4n) is 3.77. The van der Waals surface area contributed by atoms with Gasteiger partial charge in [-0.15, -0.1) is 0 Å². The molecule has 4 rings (SSSR count). The predicted octanol–water partition coefficient (Wildman–Crippen LogP) is 3.89. The third kappa shape index (κ3) is 3.78. The number of esters is 1.